The summed E-state index contributed by atoms with van der Waals surface area (Å²) in [7, 11) is 0. The van der Waals surface area contributed by atoms with E-state index in [0.29, 0.717) is 24.3 Å². The monoisotopic (exact) mass is 269 g/mol. The molecule has 0 saturated carbocycles. The van der Waals surface area contributed by atoms with Crippen molar-refractivity contribution < 1.29 is 24.5 Å². The first kappa shape index (κ1) is 14.0. The molecule has 2 heterocycles. The summed E-state index contributed by atoms with van der Waals surface area (Å²) in [6.45, 7) is 4.06. The Hall–Kier alpha value is -1.37. The maximum absolute atomic E-state index is 11.8. The van der Waals surface area contributed by atoms with Crippen LogP contribution in [0.2, 0.25) is 0 Å². The summed E-state index contributed by atoms with van der Waals surface area (Å²) in [6, 6.07) is 1.63. The number of esters is 1. The number of rotatable bonds is 4. The number of ether oxygens (including phenoxy) is 2. The normalized spacial score (nSPS) is 26.6. The van der Waals surface area contributed by atoms with Crippen LogP contribution in [0.4, 0.5) is 0 Å². The molecular formula is C13H19NO5. The standard InChI is InChI=1S/C13H19NO5/c1-3-8-7(13(17)18-4-2)5-9(14-8)12-11(16)10(15)6-19-12/h5,10-12,14-16H,3-4,6H2,1-2H3/t10-,11+,12-/m1/s1. The third-order valence-corrected chi connectivity index (χ3v) is 3.23. The number of nitrogens with one attached hydrogen (secondary N) is 1. The fourth-order valence-corrected chi connectivity index (χ4v) is 2.22. The maximum Gasteiger partial charge on any atom is 0.339 e. The van der Waals surface area contributed by atoms with Crippen molar-refractivity contribution in [3.63, 3.8) is 0 Å². The van der Waals surface area contributed by atoms with Gasteiger partial charge in [-0.1, -0.05) is 6.92 Å². The Labute approximate surface area is 111 Å². The zero-order chi connectivity index (χ0) is 14.0. The minimum absolute atomic E-state index is 0.0844. The van der Waals surface area contributed by atoms with Crippen molar-refractivity contribution >= 4 is 5.97 Å². The topological polar surface area (TPSA) is 91.8 Å². The minimum Gasteiger partial charge on any atom is -0.462 e. The van der Waals surface area contributed by atoms with Crippen LogP contribution >= 0.6 is 0 Å². The molecule has 106 valence electrons. The van der Waals surface area contributed by atoms with Gasteiger partial charge in [-0.3, -0.25) is 0 Å². The van der Waals surface area contributed by atoms with Crippen molar-refractivity contribution in [3.8, 4) is 0 Å². The molecule has 1 aliphatic rings. The second kappa shape index (κ2) is 5.73. The van der Waals surface area contributed by atoms with Gasteiger partial charge in [-0.2, -0.15) is 0 Å². The number of aliphatic hydroxyl groups excluding tert-OH is 2. The van der Waals surface area contributed by atoms with Crippen molar-refractivity contribution in [2.75, 3.05) is 13.2 Å². The minimum atomic E-state index is -0.988. The van der Waals surface area contributed by atoms with E-state index < -0.39 is 24.3 Å². The summed E-state index contributed by atoms with van der Waals surface area (Å²) < 4.78 is 10.3. The van der Waals surface area contributed by atoms with E-state index in [1.165, 1.54) is 0 Å². The Morgan fingerprint density at radius 2 is 2.26 bits per heavy atom. The molecule has 2 rings (SSSR count). The fraction of sp³-hybridized carbons (Fsp3) is 0.615. The van der Waals surface area contributed by atoms with Gasteiger partial charge in [-0.15, -0.1) is 0 Å². The summed E-state index contributed by atoms with van der Waals surface area (Å²) in [5.41, 5.74) is 1.78. The SMILES string of the molecule is CCOC(=O)c1cc([C@H]2OC[C@@H](O)[C@@H]2O)[nH]c1CC. The highest BCUT2D eigenvalue weighted by molar-refractivity contribution is 5.91. The molecule has 0 unspecified atom stereocenters. The van der Waals surface area contributed by atoms with Crippen molar-refractivity contribution in [1.82, 2.24) is 4.98 Å². The lowest BCUT2D eigenvalue weighted by Crippen LogP contribution is -2.25. The van der Waals surface area contributed by atoms with E-state index in [1.807, 2.05) is 6.92 Å². The molecule has 0 radical (unpaired) electrons. The first-order valence-corrected chi connectivity index (χ1v) is 6.45. The van der Waals surface area contributed by atoms with Gasteiger partial charge >= 0.3 is 5.97 Å². The zero-order valence-corrected chi connectivity index (χ0v) is 11.0. The Kier molecular flexibility index (Phi) is 4.24. The molecule has 1 saturated heterocycles. The molecule has 3 atom stereocenters. The molecule has 0 aliphatic carbocycles. The number of carbonyl (C=O) groups excluding carboxylic acids is 1. The summed E-state index contributed by atoms with van der Waals surface area (Å²) in [5, 5.41) is 19.3. The Bertz CT molecular complexity index is 456. The Balaban J connectivity index is 2.26. The van der Waals surface area contributed by atoms with Crippen LogP contribution in [0.5, 0.6) is 0 Å². The van der Waals surface area contributed by atoms with Crippen LogP contribution in [0.1, 0.15) is 41.7 Å². The molecule has 1 aromatic rings. The molecule has 19 heavy (non-hydrogen) atoms. The highest BCUT2D eigenvalue weighted by Gasteiger charge is 2.37. The van der Waals surface area contributed by atoms with Crippen LogP contribution < -0.4 is 0 Å². The van der Waals surface area contributed by atoms with Crippen LogP contribution in [0.15, 0.2) is 6.07 Å². The lowest BCUT2D eigenvalue weighted by Gasteiger charge is -2.12. The van der Waals surface area contributed by atoms with E-state index in [0.717, 1.165) is 5.69 Å². The van der Waals surface area contributed by atoms with E-state index in [4.69, 9.17) is 9.47 Å². The van der Waals surface area contributed by atoms with E-state index >= 15 is 0 Å². The first-order chi connectivity index (χ1) is 9.08. The number of aromatic nitrogens is 1. The van der Waals surface area contributed by atoms with Gasteiger partial charge < -0.3 is 24.7 Å². The molecule has 0 amide bonds. The third kappa shape index (κ3) is 2.65. The number of aromatic amines is 1. The van der Waals surface area contributed by atoms with E-state index in [-0.39, 0.29) is 6.61 Å². The van der Waals surface area contributed by atoms with E-state index in [1.54, 1.807) is 13.0 Å². The van der Waals surface area contributed by atoms with Gasteiger partial charge in [0.25, 0.3) is 0 Å². The second-order valence-corrected chi connectivity index (χ2v) is 4.50. The van der Waals surface area contributed by atoms with Gasteiger partial charge in [0.05, 0.1) is 18.8 Å². The number of aliphatic hydroxyl groups is 2. The van der Waals surface area contributed by atoms with E-state index in [2.05, 4.69) is 4.98 Å². The van der Waals surface area contributed by atoms with Crippen LogP contribution in [0, 0.1) is 0 Å². The Morgan fingerprint density at radius 1 is 1.53 bits per heavy atom. The predicted molar refractivity (Wildman–Crippen MR) is 66.8 cm³/mol. The average molecular weight is 269 g/mol. The van der Waals surface area contributed by atoms with Crippen LogP contribution in [-0.2, 0) is 15.9 Å². The van der Waals surface area contributed by atoms with Gasteiger partial charge in [0.1, 0.15) is 18.3 Å². The highest BCUT2D eigenvalue weighted by Crippen LogP contribution is 2.30. The first-order valence-electron chi connectivity index (χ1n) is 6.45. The van der Waals surface area contributed by atoms with Gasteiger partial charge in [0.15, 0.2) is 0 Å². The summed E-state index contributed by atoms with van der Waals surface area (Å²) >= 11 is 0. The van der Waals surface area contributed by atoms with Gasteiger partial charge in [-0.05, 0) is 19.4 Å². The molecule has 0 aromatic carbocycles. The number of H-pyrrole nitrogens is 1. The number of hydrogen-bond donors (Lipinski definition) is 3. The average Bonchev–Trinajstić information content (AvgIpc) is 2.95. The van der Waals surface area contributed by atoms with Crippen LogP contribution in [0.3, 0.4) is 0 Å². The molecule has 1 aromatic heterocycles. The quantitative estimate of drug-likeness (QED) is 0.694. The van der Waals surface area contributed by atoms with Gasteiger partial charge in [-0.25, -0.2) is 4.79 Å². The second-order valence-electron chi connectivity index (χ2n) is 4.50. The number of hydrogen-bond acceptors (Lipinski definition) is 5. The molecule has 0 bridgehead atoms. The molecule has 0 spiro atoms. The summed E-state index contributed by atoms with van der Waals surface area (Å²) in [6.07, 6.45) is -1.88. The van der Waals surface area contributed by atoms with Crippen molar-refractivity contribution in [1.29, 1.82) is 0 Å². The van der Waals surface area contributed by atoms with Crippen molar-refractivity contribution in [2.24, 2.45) is 0 Å². The smallest absolute Gasteiger partial charge is 0.339 e. The summed E-state index contributed by atoms with van der Waals surface area (Å²) in [5.74, 6) is -0.394. The van der Waals surface area contributed by atoms with Crippen LogP contribution in [0.25, 0.3) is 0 Å². The van der Waals surface area contributed by atoms with Gasteiger partial charge in [0, 0.05) is 11.4 Å². The third-order valence-electron chi connectivity index (χ3n) is 3.23. The molecule has 6 heteroatoms. The zero-order valence-electron chi connectivity index (χ0n) is 11.0. The molecule has 1 fully saturated rings. The molecule has 6 nitrogen and oxygen atoms in total. The molecule has 1 aliphatic heterocycles. The lowest BCUT2D eigenvalue weighted by molar-refractivity contribution is 0.0207. The highest BCUT2D eigenvalue weighted by atomic mass is 16.5. The number of carbonyl (C=O) groups is 1. The maximum atomic E-state index is 11.8. The molecular weight excluding hydrogens is 250 g/mol. The van der Waals surface area contributed by atoms with Crippen molar-refractivity contribution in [2.45, 2.75) is 38.6 Å². The summed E-state index contributed by atoms with van der Waals surface area (Å²) in [4.78, 5) is 14.9. The largest absolute Gasteiger partial charge is 0.462 e. The molecule has 3 N–H and O–H groups in total. The van der Waals surface area contributed by atoms with Crippen molar-refractivity contribution in [3.05, 3.63) is 23.0 Å². The van der Waals surface area contributed by atoms with Gasteiger partial charge in [0.2, 0.25) is 0 Å². The van der Waals surface area contributed by atoms with E-state index in [9.17, 15) is 15.0 Å². The lowest BCUT2D eigenvalue weighted by atomic mass is 10.1. The predicted octanol–water partition coefficient (Wildman–Crippen LogP) is 0.547. The fourth-order valence-electron chi connectivity index (χ4n) is 2.22. The number of aryl methyl sites for hydroxylation is 1. The van der Waals surface area contributed by atoms with Crippen LogP contribution in [-0.4, -0.2) is 46.6 Å². The Morgan fingerprint density at radius 3 is 2.79 bits per heavy atom.